The molecule has 0 saturated heterocycles. The van der Waals surface area contributed by atoms with Gasteiger partial charge in [-0.1, -0.05) is 12.1 Å². The molecule has 1 rings (SSSR count). The molecule has 0 heterocycles. The third-order valence-corrected chi connectivity index (χ3v) is 1.84. The maximum atomic E-state index is 11.8. The largest absolute Gasteiger partial charge is 0.399 e. The van der Waals surface area contributed by atoms with E-state index in [0.29, 0.717) is 5.69 Å². The Labute approximate surface area is 84.9 Å². The highest BCUT2D eigenvalue weighted by molar-refractivity contribution is 5.96. The molecule has 0 bridgehead atoms. The number of anilines is 1. The minimum Gasteiger partial charge on any atom is -0.399 e. The fourth-order valence-electron chi connectivity index (χ4n) is 1.11. The van der Waals surface area contributed by atoms with Crippen LogP contribution in [0.2, 0.25) is 0 Å². The summed E-state index contributed by atoms with van der Waals surface area (Å²) in [6.45, 7) is 0. The number of benzene rings is 1. The van der Waals surface area contributed by atoms with Crippen LogP contribution in [0, 0.1) is 0 Å². The van der Waals surface area contributed by atoms with Crippen molar-refractivity contribution in [2.45, 2.75) is 19.0 Å². The lowest BCUT2D eigenvalue weighted by molar-refractivity contribution is -0.133. The molecular weight excluding hydrogens is 207 g/mol. The van der Waals surface area contributed by atoms with Crippen molar-refractivity contribution >= 4 is 11.5 Å². The lowest BCUT2D eigenvalue weighted by atomic mass is 10.1. The Morgan fingerprint density at radius 2 is 2.00 bits per heavy atom. The molecule has 0 amide bonds. The van der Waals surface area contributed by atoms with Gasteiger partial charge in [0.15, 0.2) is 5.78 Å². The molecule has 1 aromatic carbocycles. The number of nitrogen functional groups attached to an aromatic ring is 1. The van der Waals surface area contributed by atoms with E-state index in [9.17, 15) is 18.0 Å². The van der Waals surface area contributed by atoms with Gasteiger partial charge in [0.05, 0.1) is 6.42 Å². The van der Waals surface area contributed by atoms with Crippen molar-refractivity contribution in [3.05, 3.63) is 29.8 Å². The Hall–Kier alpha value is -1.52. The molecule has 0 aliphatic rings. The maximum Gasteiger partial charge on any atom is 0.389 e. The zero-order valence-corrected chi connectivity index (χ0v) is 7.84. The lowest BCUT2D eigenvalue weighted by Crippen LogP contribution is -2.11. The fourth-order valence-corrected chi connectivity index (χ4v) is 1.11. The Morgan fingerprint density at radius 1 is 1.33 bits per heavy atom. The Morgan fingerprint density at radius 3 is 2.53 bits per heavy atom. The molecule has 2 N–H and O–H groups in total. The lowest BCUT2D eigenvalue weighted by Gasteiger charge is -2.05. The van der Waals surface area contributed by atoms with Crippen molar-refractivity contribution in [2.75, 3.05) is 5.73 Å². The number of carbonyl (C=O) groups is 1. The molecule has 0 atom stereocenters. The summed E-state index contributed by atoms with van der Waals surface area (Å²) in [5, 5.41) is 0. The van der Waals surface area contributed by atoms with E-state index in [0.717, 1.165) is 0 Å². The summed E-state index contributed by atoms with van der Waals surface area (Å²) in [6, 6.07) is 5.93. The van der Waals surface area contributed by atoms with Crippen LogP contribution in [-0.2, 0) is 0 Å². The summed E-state index contributed by atoms with van der Waals surface area (Å²) >= 11 is 0. The van der Waals surface area contributed by atoms with E-state index in [1.54, 1.807) is 6.07 Å². The van der Waals surface area contributed by atoms with E-state index in [1.807, 2.05) is 0 Å². The number of alkyl halides is 3. The molecule has 0 saturated carbocycles. The SMILES string of the molecule is Nc1cccc(C(=O)CCC(F)(F)F)c1. The summed E-state index contributed by atoms with van der Waals surface area (Å²) in [4.78, 5) is 11.3. The van der Waals surface area contributed by atoms with Crippen LogP contribution >= 0.6 is 0 Å². The van der Waals surface area contributed by atoms with E-state index in [1.165, 1.54) is 18.2 Å². The minimum atomic E-state index is -4.30. The van der Waals surface area contributed by atoms with Crippen LogP contribution in [0.1, 0.15) is 23.2 Å². The molecule has 5 heteroatoms. The van der Waals surface area contributed by atoms with Gasteiger partial charge in [0.1, 0.15) is 0 Å². The van der Waals surface area contributed by atoms with E-state index >= 15 is 0 Å². The van der Waals surface area contributed by atoms with E-state index in [2.05, 4.69) is 0 Å². The highest BCUT2D eigenvalue weighted by Crippen LogP contribution is 2.22. The predicted molar refractivity (Wildman–Crippen MR) is 50.5 cm³/mol. The molecule has 82 valence electrons. The standard InChI is InChI=1S/C10H10F3NO/c11-10(12,13)5-4-9(15)7-2-1-3-8(14)6-7/h1-3,6H,4-5,14H2. The average molecular weight is 217 g/mol. The molecule has 0 fully saturated rings. The molecular formula is C10H10F3NO. The number of Topliss-reactive ketones (excluding diaryl/α,β-unsaturated/α-hetero) is 1. The molecule has 1 aromatic rings. The third kappa shape index (κ3) is 4.01. The van der Waals surface area contributed by atoms with Crippen LogP contribution in [0.5, 0.6) is 0 Å². The normalized spacial score (nSPS) is 11.4. The van der Waals surface area contributed by atoms with Crippen molar-refractivity contribution in [3.63, 3.8) is 0 Å². The summed E-state index contributed by atoms with van der Waals surface area (Å²) in [6.07, 6.45) is -5.93. The average Bonchev–Trinajstić information content (AvgIpc) is 2.13. The molecule has 0 spiro atoms. The number of rotatable bonds is 3. The second-order valence-corrected chi connectivity index (χ2v) is 3.16. The van der Waals surface area contributed by atoms with Gasteiger partial charge in [0.25, 0.3) is 0 Å². The molecule has 0 aliphatic carbocycles. The molecule has 2 nitrogen and oxygen atoms in total. The quantitative estimate of drug-likeness (QED) is 0.624. The number of hydrogen-bond donors (Lipinski definition) is 1. The van der Waals surface area contributed by atoms with Crippen LogP contribution in [-0.4, -0.2) is 12.0 Å². The van der Waals surface area contributed by atoms with Crippen LogP contribution in [0.25, 0.3) is 0 Å². The van der Waals surface area contributed by atoms with Gasteiger partial charge in [-0.25, -0.2) is 0 Å². The van der Waals surface area contributed by atoms with E-state index in [-0.39, 0.29) is 5.56 Å². The van der Waals surface area contributed by atoms with Crippen LogP contribution in [0.4, 0.5) is 18.9 Å². The van der Waals surface area contributed by atoms with Crippen molar-refractivity contribution in [2.24, 2.45) is 0 Å². The first-order valence-corrected chi connectivity index (χ1v) is 4.34. The fraction of sp³-hybridized carbons (Fsp3) is 0.300. The first kappa shape index (κ1) is 11.6. The van der Waals surface area contributed by atoms with Crippen molar-refractivity contribution < 1.29 is 18.0 Å². The molecule has 0 aromatic heterocycles. The second kappa shape index (κ2) is 4.33. The number of carbonyl (C=O) groups excluding carboxylic acids is 1. The topological polar surface area (TPSA) is 43.1 Å². The van der Waals surface area contributed by atoms with Gasteiger partial charge in [0.2, 0.25) is 0 Å². The van der Waals surface area contributed by atoms with Gasteiger partial charge in [0, 0.05) is 17.7 Å². The van der Waals surface area contributed by atoms with Gasteiger partial charge in [-0.15, -0.1) is 0 Å². The van der Waals surface area contributed by atoms with Gasteiger partial charge in [-0.3, -0.25) is 4.79 Å². The minimum absolute atomic E-state index is 0.222. The number of nitrogens with two attached hydrogens (primary N) is 1. The smallest absolute Gasteiger partial charge is 0.389 e. The third-order valence-electron chi connectivity index (χ3n) is 1.84. The van der Waals surface area contributed by atoms with Gasteiger partial charge in [-0.05, 0) is 12.1 Å². The Bertz CT molecular complexity index is 360. The van der Waals surface area contributed by atoms with Crippen molar-refractivity contribution in [3.8, 4) is 0 Å². The van der Waals surface area contributed by atoms with Crippen LogP contribution in [0.3, 0.4) is 0 Å². The van der Waals surface area contributed by atoms with Gasteiger partial charge >= 0.3 is 6.18 Å². The molecule has 0 aliphatic heterocycles. The van der Waals surface area contributed by atoms with E-state index in [4.69, 9.17) is 5.73 Å². The predicted octanol–water partition coefficient (Wildman–Crippen LogP) is 2.79. The first-order valence-electron chi connectivity index (χ1n) is 4.34. The van der Waals surface area contributed by atoms with Crippen molar-refractivity contribution in [1.29, 1.82) is 0 Å². The Kier molecular flexibility index (Phi) is 3.34. The highest BCUT2D eigenvalue weighted by atomic mass is 19.4. The van der Waals surface area contributed by atoms with Crippen LogP contribution in [0.15, 0.2) is 24.3 Å². The van der Waals surface area contributed by atoms with Crippen LogP contribution < -0.4 is 5.73 Å². The zero-order chi connectivity index (χ0) is 11.5. The number of hydrogen-bond acceptors (Lipinski definition) is 2. The number of halogens is 3. The number of ketones is 1. The Balaban J connectivity index is 2.62. The van der Waals surface area contributed by atoms with Crippen molar-refractivity contribution in [1.82, 2.24) is 0 Å². The molecule has 15 heavy (non-hydrogen) atoms. The maximum absolute atomic E-state index is 11.8. The zero-order valence-electron chi connectivity index (χ0n) is 7.84. The summed E-state index contributed by atoms with van der Waals surface area (Å²) in [7, 11) is 0. The highest BCUT2D eigenvalue weighted by Gasteiger charge is 2.28. The monoisotopic (exact) mass is 217 g/mol. The molecule has 0 radical (unpaired) electrons. The summed E-state index contributed by atoms with van der Waals surface area (Å²) in [5.41, 5.74) is 5.99. The summed E-state index contributed by atoms with van der Waals surface area (Å²) in [5.74, 6) is -0.542. The van der Waals surface area contributed by atoms with Gasteiger partial charge < -0.3 is 5.73 Å². The van der Waals surface area contributed by atoms with Gasteiger partial charge in [-0.2, -0.15) is 13.2 Å². The second-order valence-electron chi connectivity index (χ2n) is 3.16. The first-order chi connectivity index (χ1) is 6.88. The van der Waals surface area contributed by atoms with E-state index < -0.39 is 24.8 Å². The summed E-state index contributed by atoms with van der Waals surface area (Å²) < 4.78 is 35.5. The molecule has 0 unspecified atom stereocenters.